The number of piperidine rings is 1. The molecular weight excluding hydrogens is 328 g/mol. The van der Waals surface area contributed by atoms with Crippen LogP contribution in [-0.2, 0) is 14.9 Å². The largest absolute Gasteiger partial charge is 0.466 e. The number of aliphatic hydroxyl groups is 1. The summed E-state index contributed by atoms with van der Waals surface area (Å²) in [5, 5.41) is 14.5. The Labute approximate surface area is 154 Å². The number of carbonyl (C=O) groups is 1. The van der Waals surface area contributed by atoms with Gasteiger partial charge in [-0.25, -0.2) is 4.79 Å². The van der Waals surface area contributed by atoms with Gasteiger partial charge in [-0.05, 0) is 57.3 Å². The first-order valence-corrected chi connectivity index (χ1v) is 9.65. The average molecular weight is 354 g/mol. The third-order valence-electron chi connectivity index (χ3n) is 7.44. The molecule has 4 atom stereocenters. The summed E-state index contributed by atoms with van der Waals surface area (Å²) in [4.78, 5) is 15.3. The first-order chi connectivity index (χ1) is 12.5. The van der Waals surface area contributed by atoms with E-state index in [4.69, 9.17) is 4.74 Å². The van der Waals surface area contributed by atoms with Crippen molar-refractivity contribution < 1.29 is 14.6 Å². The fourth-order valence-electron chi connectivity index (χ4n) is 6.48. The molecule has 2 N–H and O–H groups in total. The predicted octanol–water partition coefficient (Wildman–Crippen LogP) is 2.42. The lowest BCUT2D eigenvalue weighted by atomic mass is 9.53. The molecule has 0 radical (unpaired) electrons. The number of hydrogen-bond donors (Lipinski definition) is 2. The fraction of sp³-hybridized carbons (Fsp3) is 0.571. The maximum atomic E-state index is 12.8. The fourth-order valence-corrected chi connectivity index (χ4v) is 6.48. The molecule has 0 aromatic heterocycles. The van der Waals surface area contributed by atoms with Crippen LogP contribution in [0.3, 0.4) is 0 Å². The van der Waals surface area contributed by atoms with Crippen LogP contribution in [0.1, 0.15) is 38.2 Å². The molecule has 0 bridgehead atoms. The second-order valence-electron chi connectivity index (χ2n) is 8.37. The molecule has 0 amide bonds. The van der Waals surface area contributed by atoms with Crippen molar-refractivity contribution in [1.29, 1.82) is 0 Å². The van der Waals surface area contributed by atoms with E-state index in [1.807, 2.05) is 13.0 Å². The van der Waals surface area contributed by atoms with Crippen LogP contribution in [0.4, 0.5) is 5.69 Å². The van der Waals surface area contributed by atoms with Crippen LogP contribution >= 0.6 is 0 Å². The average Bonchev–Trinajstić information content (AvgIpc) is 3.21. The van der Waals surface area contributed by atoms with E-state index < -0.39 is 6.10 Å². The molecule has 2 saturated heterocycles. The second kappa shape index (κ2) is 5.33. The van der Waals surface area contributed by atoms with E-state index >= 15 is 0 Å². The summed E-state index contributed by atoms with van der Waals surface area (Å²) >= 11 is 0. The van der Waals surface area contributed by atoms with E-state index in [0.29, 0.717) is 6.42 Å². The number of carbonyl (C=O) groups excluding carboxylic acids is 1. The Morgan fingerprint density at radius 1 is 1.35 bits per heavy atom. The minimum Gasteiger partial charge on any atom is -0.466 e. The molecule has 3 heterocycles. The lowest BCUT2D eigenvalue weighted by molar-refractivity contribution is -0.138. The summed E-state index contributed by atoms with van der Waals surface area (Å²) < 4.78 is 5.17. The van der Waals surface area contributed by atoms with Gasteiger partial charge in [-0.1, -0.05) is 18.2 Å². The number of ether oxygens (including phenoxy) is 1. The minimum atomic E-state index is -0.473. The molecule has 4 aliphatic rings. The highest BCUT2D eigenvalue weighted by Gasteiger charge is 2.67. The van der Waals surface area contributed by atoms with Gasteiger partial charge in [-0.15, -0.1) is 0 Å². The van der Waals surface area contributed by atoms with Gasteiger partial charge in [-0.2, -0.15) is 0 Å². The molecule has 26 heavy (non-hydrogen) atoms. The first-order valence-electron chi connectivity index (χ1n) is 9.65. The Morgan fingerprint density at radius 3 is 2.92 bits per heavy atom. The minimum absolute atomic E-state index is 0.225. The number of rotatable bonds is 2. The number of methoxy groups -OCH3 is 1. The van der Waals surface area contributed by atoms with Crippen LogP contribution < -0.4 is 5.32 Å². The normalized spacial score (nSPS) is 36.0. The zero-order chi connectivity index (χ0) is 18.1. The van der Waals surface area contributed by atoms with Crippen LogP contribution in [0.25, 0.3) is 0 Å². The summed E-state index contributed by atoms with van der Waals surface area (Å²) in [5.74, 6) is -0.262. The third kappa shape index (κ3) is 1.75. The topological polar surface area (TPSA) is 61.8 Å². The summed E-state index contributed by atoms with van der Waals surface area (Å²) in [6, 6.07) is 8.64. The Bertz CT molecular complexity index is 817. The number of anilines is 1. The number of benzene rings is 1. The van der Waals surface area contributed by atoms with Crippen LogP contribution in [-0.4, -0.2) is 48.3 Å². The highest BCUT2D eigenvalue weighted by Crippen LogP contribution is 2.65. The quantitative estimate of drug-likeness (QED) is 0.799. The van der Waals surface area contributed by atoms with Gasteiger partial charge in [0.1, 0.15) is 0 Å². The molecular formula is C21H26N2O3. The molecule has 138 valence electrons. The zero-order valence-corrected chi connectivity index (χ0v) is 15.4. The van der Waals surface area contributed by atoms with Crippen LogP contribution in [0.2, 0.25) is 0 Å². The van der Waals surface area contributed by atoms with E-state index in [2.05, 4.69) is 28.4 Å². The maximum Gasteiger partial charge on any atom is 0.335 e. The molecule has 5 heteroatoms. The van der Waals surface area contributed by atoms with Gasteiger partial charge in [0.2, 0.25) is 0 Å². The van der Waals surface area contributed by atoms with E-state index in [0.717, 1.165) is 49.3 Å². The van der Waals surface area contributed by atoms with Crippen LogP contribution in [0.15, 0.2) is 35.5 Å². The highest BCUT2D eigenvalue weighted by molar-refractivity contribution is 5.93. The lowest BCUT2D eigenvalue weighted by Gasteiger charge is -2.57. The number of hydrogen-bond acceptors (Lipinski definition) is 5. The van der Waals surface area contributed by atoms with E-state index in [1.54, 1.807) is 0 Å². The van der Waals surface area contributed by atoms with Crippen LogP contribution in [0.5, 0.6) is 0 Å². The lowest BCUT2D eigenvalue weighted by Crippen LogP contribution is -2.63. The summed E-state index contributed by atoms with van der Waals surface area (Å²) in [6.07, 6.45) is 3.10. The van der Waals surface area contributed by atoms with Gasteiger partial charge in [0.05, 0.1) is 24.2 Å². The van der Waals surface area contributed by atoms with Crippen molar-refractivity contribution in [2.24, 2.45) is 5.41 Å². The summed E-state index contributed by atoms with van der Waals surface area (Å²) in [5.41, 5.74) is 3.57. The number of fused-ring (bicyclic) bond motifs is 1. The van der Waals surface area contributed by atoms with Crippen molar-refractivity contribution in [3.8, 4) is 0 Å². The van der Waals surface area contributed by atoms with Crippen molar-refractivity contribution in [2.75, 3.05) is 25.5 Å². The molecule has 1 aliphatic carbocycles. The number of para-hydroxylation sites is 1. The first kappa shape index (κ1) is 16.3. The Balaban J connectivity index is 1.82. The van der Waals surface area contributed by atoms with Gasteiger partial charge in [0, 0.05) is 22.8 Å². The van der Waals surface area contributed by atoms with Gasteiger partial charge < -0.3 is 15.2 Å². The molecule has 3 aliphatic heterocycles. The monoisotopic (exact) mass is 354 g/mol. The zero-order valence-electron chi connectivity index (χ0n) is 15.4. The Morgan fingerprint density at radius 2 is 2.15 bits per heavy atom. The molecule has 0 saturated carbocycles. The molecule has 1 aromatic rings. The Kier molecular flexibility index (Phi) is 3.35. The maximum absolute atomic E-state index is 12.8. The smallest absolute Gasteiger partial charge is 0.335 e. The predicted molar refractivity (Wildman–Crippen MR) is 98.7 cm³/mol. The molecule has 2 fully saturated rings. The van der Waals surface area contributed by atoms with Crippen molar-refractivity contribution in [3.63, 3.8) is 0 Å². The standard InChI is InChI=1S/C21H26N2O3/c1-13(24)20-8-5-10-23-11-9-21(19(20)23)15-6-3-4-7-16(15)22-17(21)14(12-20)18(25)26-2/h3-4,6-7,13,19,22,24H,5,8-12H2,1-2H3/t13-,19+,20+,21+/m0/s1. The van der Waals surface area contributed by atoms with E-state index in [9.17, 15) is 9.90 Å². The van der Waals surface area contributed by atoms with Crippen molar-refractivity contribution in [3.05, 3.63) is 41.1 Å². The van der Waals surface area contributed by atoms with Crippen LogP contribution in [0, 0.1) is 5.41 Å². The molecule has 0 unspecified atom stereocenters. The third-order valence-corrected chi connectivity index (χ3v) is 7.44. The molecule has 1 spiro atoms. The summed E-state index contributed by atoms with van der Waals surface area (Å²) in [6.45, 7) is 3.99. The van der Waals surface area contributed by atoms with Gasteiger partial charge >= 0.3 is 5.97 Å². The van der Waals surface area contributed by atoms with Gasteiger partial charge in [-0.3, -0.25) is 4.90 Å². The van der Waals surface area contributed by atoms with Gasteiger partial charge in [0.15, 0.2) is 0 Å². The SMILES string of the molecule is COC(=O)C1=C2Nc3ccccc3[C@]23CCN2CCC[C@]([C@H](C)O)(C1)[C@@H]23. The molecule has 1 aromatic carbocycles. The number of esters is 1. The molecule has 5 nitrogen and oxygen atoms in total. The number of aliphatic hydroxyl groups excluding tert-OH is 1. The summed E-state index contributed by atoms with van der Waals surface area (Å²) in [7, 11) is 1.45. The molecule has 5 rings (SSSR count). The number of nitrogens with zero attached hydrogens (tertiary/aromatic N) is 1. The van der Waals surface area contributed by atoms with Crippen molar-refractivity contribution >= 4 is 11.7 Å². The van der Waals surface area contributed by atoms with E-state index in [1.165, 1.54) is 12.7 Å². The number of nitrogens with one attached hydrogen (secondary N) is 1. The Hall–Kier alpha value is -1.85. The second-order valence-corrected chi connectivity index (χ2v) is 8.37. The van der Waals surface area contributed by atoms with Crippen molar-refractivity contribution in [1.82, 2.24) is 4.90 Å². The van der Waals surface area contributed by atoms with Gasteiger partial charge in [0.25, 0.3) is 0 Å². The van der Waals surface area contributed by atoms with Crippen molar-refractivity contribution in [2.45, 2.75) is 50.2 Å². The van der Waals surface area contributed by atoms with E-state index in [-0.39, 0.29) is 22.8 Å². The highest BCUT2D eigenvalue weighted by atomic mass is 16.5.